The molecule has 9 heteroatoms. The number of thiazole rings is 1. The number of carbonyl (C=O) groups is 1. The van der Waals surface area contributed by atoms with E-state index < -0.39 is 10.0 Å². The van der Waals surface area contributed by atoms with Gasteiger partial charge in [0, 0.05) is 43.3 Å². The van der Waals surface area contributed by atoms with Crippen molar-refractivity contribution in [3.8, 4) is 0 Å². The summed E-state index contributed by atoms with van der Waals surface area (Å²) in [6, 6.07) is 5.96. The second kappa shape index (κ2) is 6.65. The van der Waals surface area contributed by atoms with Gasteiger partial charge in [-0.25, -0.2) is 13.4 Å². The van der Waals surface area contributed by atoms with Crippen molar-refractivity contribution in [3.05, 3.63) is 41.4 Å². The molecule has 0 atom stereocenters. The van der Waals surface area contributed by atoms with E-state index in [9.17, 15) is 13.2 Å². The number of carbonyl (C=O) groups excluding carboxylic acids is 1. The summed E-state index contributed by atoms with van der Waals surface area (Å²) in [5, 5.41) is 5.18. The highest BCUT2D eigenvalue weighted by Gasteiger charge is 2.20. The van der Waals surface area contributed by atoms with Crippen LogP contribution in [0.1, 0.15) is 10.4 Å². The van der Waals surface area contributed by atoms with Crippen LogP contribution in [0.4, 0.5) is 5.13 Å². The Kier molecular flexibility index (Phi) is 4.60. The summed E-state index contributed by atoms with van der Waals surface area (Å²) in [6.07, 6.45) is 1.53. The lowest BCUT2D eigenvalue weighted by atomic mass is 10.2. The Bertz CT molecular complexity index is 767. The summed E-state index contributed by atoms with van der Waals surface area (Å²) in [5.74, 6) is -0.0802. The molecule has 0 unspecified atom stereocenters. The van der Waals surface area contributed by atoms with Gasteiger partial charge < -0.3 is 10.2 Å². The van der Waals surface area contributed by atoms with E-state index in [4.69, 9.17) is 0 Å². The van der Waals surface area contributed by atoms with E-state index in [0.29, 0.717) is 23.8 Å². The molecule has 7 nitrogen and oxygen atoms in total. The predicted octanol–water partition coefficient (Wildman–Crippen LogP) is 0.989. The van der Waals surface area contributed by atoms with Gasteiger partial charge in [0.2, 0.25) is 0 Å². The molecule has 3 rings (SSSR count). The molecular formula is C14H16N4O3S2. The van der Waals surface area contributed by atoms with Crippen LogP contribution >= 0.6 is 11.3 Å². The second-order valence-corrected chi connectivity index (χ2v) is 7.59. The molecule has 2 N–H and O–H groups in total. The van der Waals surface area contributed by atoms with Gasteiger partial charge in [0.15, 0.2) is 5.13 Å². The van der Waals surface area contributed by atoms with E-state index in [0.717, 1.165) is 13.1 Å². The highest BCUT2D eigenvalue weighted by atomic mass is 32.2. The number of aromatic nitrogens is 1. The van der Waals surface area contributed by atoms with Crippen LogP contribution in [0.2, 0.25) is 0 Å². The Hall–Kier alpha value is -1.97. The average Bonchev–Trinajstić information content (AvgIpc) is 3.07. The fraction of sp³-hybridized carbons (Fsp3) is 0.286. The largest absolute Gasteiger partial charge is 0.336 e. The van der Waals surface area contributed by atoms with Gasteiger partial charge in [0.25, 0.3) is 15.9 Å². The third-order valence-electron chi connectivity index (χ3n) is 3.47. The number of anilines is 1. The highest BCUT2D eigenvalue weighted by Crippen LogP contribution is 2.18. The van der Waals surface area contributed by atoms with Crippen LogP contribution in [0.3, 0.4) is 0 Å². The molecular weight excluding hydrogens is 336 g/mol. The maximum absolute atomic E-state index is 12.3. The van der Waals surface area contributed by atoms with Crippen molar-refractivity contribution in [2.45, 2.75) is 4.90 Å². The number of nitrogens with zero attached hydrogens (tertiary/aromatic N) is 2. The third kappa shape index (κ3) is 3.69. The lowest BCUT2D eigenvalue weighted by molar-refractivity contribution is 0.0735. The van der Waals surface area contributed by atoms with Crippen molar-refractivity contribution in [1.29, 1.82) is 0 Å². The van der Waals surface area contributed by atoms with Crippen LogP contribution < -0.4 is 10.0 Å². The minimum Gasteiger partial charge on any atom is -0.336 e. The molecule has 1 aliphatic heterocycles. The Morgan fingerprint density at radius 2 is 1.91 bits per heavy atom. The number of hydrogen-bond donors (Lipinski definition) is 2. The quantitative estimate of drug-likeness (QED) is 0.856. The number of sulfonamides is 1. The molecule has 0 spiro atoms. The molecule has 2 heterocycles. The van der Waals surface area contributed by atoms with Gasteiger partial charge in [-0.2, -0.15) is 0 Å². The molecule has 23 heavy (non-hydrogen) atoms. The topological polar surface area (TPSA) is 91.4 Å². The summed E-state index contributed by atoms with van der Waals surface area (Å²) in [4.78, 5) is 18.1. The van der Waals surface area contributed by atoms with Crippen molar-refractivity contribution < 1.29 is 13.2 Å². The number of rotatable bonds is 4. The molecule has 1 amide bonds. The fourth-order valence-corrected chi connectivity index (χ4v) is 4.06. The summed E-state index contributed by atoms with van der Waals surface area (Å²) in [5.41, 5.74) is 0.486. The summed E-state index contributed by atoms with van der Waals surface area (Å²) in [7, 11) is -3.69. The highest BCUT2D eigenvalue weighted by molar-refractivity contribution is 7.93. The Balaban J connectivity index is 1.74. The fourth-order valence-electron chi connectivity index (χ4n) is 2.27. The summed E-state index contributed by atoms with van der Waals surface area (Å²) in [6.45, 7) is 2.86. The van der Waals surface area contributed by atoms with E-state index in [-0.39, 0.29) is 10.8 Å². The van der Waals surface area contributed by atoms with E-state index >= 15 is 0 Å². The van der Waals surface area contributed by atoms with Gasteiger partial charge in [-0.15, -0.1) is 11.3 Å². The predicted molar refractivity (Wildman–Crippen MR) is 88.1 cm³/mol. The Morgan fingerprint density at radius 1 is 1.22 bits per heavy atom. The van der Waals surface area contributed by atoms with Crippen molar-refractivity contribution in [3.63, 3.8) is 0 Å². The molecule has 0 bridgehead atoms. The Morgan fingerprint density at radius 3 is 2.52 bits per heavy atom. The zero-order valence-electron chi connectivity index (χ0n) is 12.2. The molecule has 0 radical (unpaired) electrons. The number of piperazine rings is 1. The first-order valence-corrected chi connectivity index (χ1v) is 9.45. The van der Waals surface area contributed by atoms with Crippen molar-refractivity contribution >= 4 is 32.4 Å². The van der Waals surface area contributed by atoms with Crippen LogP contribution in [0, 0.1) is 0 Å². The molecule has 0 saturated carbocycles. The van der Waals surface area contributed by atoms with E-state index in [1.165, 1.54) is 29.7 Å². The zero-order valence-corrected chi connectivity index (χ0v) is 13.9. The molecule has 1 aromatic heterocycles. The van der Waals surface area contributed by atoms with E-state index in [2.05, 4.69) is 15.0 Å². The van der Waals surface area contributed by atoms with Gasteiger partial charge in [0.05, 0.1) is 4.90 Å². The molecule has 1 aromatic carbocycles. The number of benzene rings is 1. The lowest BCUT2D eigenvalue weighted by Crippen LogP contribution is -2.46. The minimum atomic E-state index is -3.69. The molecule has 2 aromatic rings. The van der Waals surface area contributed by atoms with Crippen molar-refractivity contribution in [2.24, 2.45) is 0 Å². The maximum atomic E-state index is 12.3. The van der Waals surface area contributed by atoms with Gasteiger partial charge >= 0.3 is 0 Å². The first kappa shape index (κ1) is 15.9. The maximum Gasteiger partial charge on any atom is 0.263 e. The van der Waals surface area contributed by atoms with Crippen LogP contribution in [-0.2, 0) is 10.0 Å². The third-order valence-corrected chi connectivity index (χ3v) is 5.64. The standard InChI is InChI=1S/C14H16N4O3S2/c19-13(18-8-5-15-6-9-18)11-1-3-12(4-2-11)23(20,21)17-14-16-7-10-22-14/h1-4,7,10,15H,5-6,8-9H2,(H,16,17). The SMILES string of the molecule is O=C(c1ccc(S(=O)(=O)Nc2nccs2)cc1)N1CCNCC1. The van der Waals surface area contributed by atoms with Crippen LogP contribution in [-0.4, -0.2) is 50.4 Å². The van der Waals surface area contributed by atoms with Crippen LogP contribution in [0.25, 0.3) is 0 Å². The van der Waals surface area contributed by atoms with Crippen LogP contribution in [0.15, 0.2) is 40.7 Å². The zero-order chi connectivity index (χ0) is 16.3. The summed E-state index contributed by atoms with van der Waals surface area (Å²) >= 11 is 1.20. The normalized spacial score (nSPS) is 15.4. The monoisotopic (exact) mass is 352 g/mol. The van der Waals surface area contributed by atoms with Crippen molar-refractivity contribution in [1.82, 2.24) is 15.2 Å². The first-order valence-electron chi connectivity index (χ1n) is 7.09. The number of hydrogen-bond acceptors (Lipinski definition) is 6. The van der Waals surface area contributed by atoms with Gasteiger partial charge in [-0.3, -0.25) is 9.52 Å². The van der Waals surface area contributed by atoms with Gasteiger partial charge in [0.1, 0.15) is 0 Å². The number of amides is 1. The van der Waals surface area contributed by atoms with Crippen molar-refractivity contribution in [2.75, 3.05) is 30.9 Å². The smallest absolute Gasteiger partial charge is 0.263 e. The lowest BCUT2D eigenvalue weighted by Gasteiger charge is -2.27. The van der Waals surface area contributed by atoms with E-state index in [1.54, 1.807) is 22.4 Å². The first-order chi connectivity index (χ1) is 11.1. The molecule has 1 aliphatic rings. The minimum absolute atomic E-state index is 0.0802. The van der Waals surface area contributed by atoms with E-state index in [1.807, 2.05) is 0 Å². The number of nitrogens with one attached hydrogen (secondary N) is 2. The van der Waals surface area contributed by atoms with Crippen LogP contribution in [0.5, 0.6) is 0 Å². The van der Waals surface area contributed by atoms with Gasteiger partial charge in [-0.1, -0.05) is 0 Å². The molecule has 1 fully saturated rings. The molecule has 122 valence electrons. The molecule has 0 aliphatic carbocycles. The Labute approximate surface area is 138 Å². The average molecular weight is 352 g/mol. The summed E-state index contributed by atoms with van der Waals surface area (Å²) < 4.78 is 26.9. The molecule has 1 saturated heterocycles. The van der Waals surface area contributed by atoms with Gasteiger partial charge in [-0.05, 0) is 24.3 Å². The second-order valence-electron chi connectivity index (χ2n) is 5.01.